The molecule has 1 fully saturated rings. The molecule has 1 aliphatic carbocycles. The molecule has 0 unspecified atom stereocenters. The maximum Gasteiger partial charge on any atom is 0.240 e. The van der Waals surface area contributed by atoms with Crippen molar-refractivity contribution in [2.75, 3.05) is 7.11 Å². The molecule has 124 valence electrons. The lowest BCUT2D eigenvalue weighted by Gasteiger charge is -2.09. The summed E-state index contributed by atoms with van der Waals surface area (Å²) in [6.07, 6.45) is 2.43. The van der Waals surface area contributed by atoms with E-state index in [1.54, 1.807) is 31.4 Å². The Morgan fingerprint density at radius 3 is 2.43 bits per heavy atom. The van der Waals surface area contributed by atoms with Crippen LogP contribution >= 0.6 is 0 Å². The molecule has 0 saturated heterocycles. The summed E-state index contributed by atoms with van der Waals surface area (Å²) >= 11 is 0. The molecule has 0 radical (unpaired) electrons. The molecule has 2 aromatic rings. The predicted molar refractivity (Wildman–Crippen MR) is 89.2 cm³/mol. The van der Waals surface area contributed by atoms with Gasteiger partial charge in [0.25, 0.3) is 0 Å². The average molecular weight is 334 g/mol. The van der Waals surface area contributed by atoms with Crippen LogP contribution < -0.4 is 9.46 Å². The summed E-state index contributed by atoms with van der Waals surface area (Å²) in [4.78, 5) is 0.245. The van der Waals surface area contributed by atoms with E-state index in [1.165, 1.54) is 18.5 Å². The molecule has 0 spiro atoms. The summed E-state index contributed by atoms with van der Waals surface area (Å²) in [5, 5.41) is 0. The van der Waals surface area contributed by atoms with E-state index < -0.39 is 10.0 Å². The lowest BCUT2D eigenvalue weighted by atomic mass is 10.2. The minimum atomic E-state index is -3.52. The number of methoxy groups -OCH3 is 1. The van der Waals surface area contributed by atoms with Gasteiger partial charge in [-0.05, 0) is 62.6 Å². The van der Waals surface area contributed by atoms with E-state index in [0.717, 1.165) is 11.3 Å². The highest BCUT2D eigenvalue weighted by molar-refractivity contribution is 7.89. The molecule has 1 aromatic heterocycles. The molecule has 1 saturated carbocycles. The second-order valence-corrected chi connectivity index (χ2v) is 7.76. The number of aromatic nitrogens is 1. The van der Waals surface area contributed by atoms with Gasteiger partial charge in [-0.3, -0.25) is 0 Å². The van der Waals surface area contributed by atoms with Crippen LogP contribution in [0.25, 0.3) is 0 Å². The second-order valence-electron chi connectivity index (χ2n) is 6.00. The Bertz CT molecular complexity index is 803. The van der Waals surface area contributed by atoms with Crippen LogP contribution in [0.15, 0.2) is 35.2 Å². The molecular weight excluding hydrogens is 312 g/mol. The van der Waals surface area contributed by atoms with Gasteiger partial charge in [-0.15, -0.1) is 0 Å². The van der Waals surface area contributed by atoms with Gasteiger partial charge in [0.2, 0.25) is 10.0 Å². The predicted octanol–water partition coefficient (Wildman–Crippen LogP) is 2.93. The number of hydrogen-bond acceptors (Lipinski definition) is 3. The van der Waals surface area contributed by atoms with E-state index in [2.05, 4.69) is 29.2 Å². The summed E-state index contributed by atoms with van der Waals surface area (Å²) in [6.45, 7) is 4.44. The highest BCUT2D eigenvalue weighted by atomic mass is 32.2. The number of benzene rings is 1. The molecule has 0 amide bonds. The summed E-state index contributed by atoms with van der Waals surface area (Å²) in [7, 11) is -1.97. The quantitative estimate of drug-likeness (QED) is 0.883. The Morgan fingerprint density at radius 1 is 1.22 bits per heavy atom. The highest BCUT2D eigenvalue weighted by Crippen LogP contribution is 2.38. The third kappa shape index (κ3) is 3.28. The minimum absolute atomic E-state index is 0.245. The number of aryl methyl sites for hydroxylation is 1. The van der Waals surface area contributed by atoms with E-state index in [-0.39, 0.29) is 4.90 Å². The van der Waals surface area contributed by atoms with Crippen LogP contribution in [-0.4, -0.2) is 20.1 Å². The molecule has 5 nitrogen and oxygen atoms in total. The van der Waals surface area contributed by atoms with Crippen LogP contribution in [-0.2, 0) is 16.6 Å². The first kappa shape index (κ1) is 16.1. The Kier molecular flexibility index (Phi) is 4.21. The van der Waals surface area contributed by atoms with Crippen LogP contribution in [0.3, 0.4) is 0 Å². The van der Waals surface area contributed by atoms with E-state index in [4.69, 9.17) is 4.74 Å². The van der Waals surface area contributed by atoms with Crippen molar-refractivity contribution in [1.29, 1.82) is 0 Å². The van der Waals surface area contributed by atoms with Gasteiger partial charge in [-0.25, -0.2) is 13.1 Å². The van der Waals surface area contributed by atoms with E-state index in [1.807, 2.05) is 0 Å². The maximum absolute atomic E-state index is 12.4. The van der Waals surface area contributed by atoms with Crippen molar-refractivity contribution >= 4 is 10.0 Å². The van der Waals surface area contributed by atoms with Crippen LogP contribution in [0, 0.1) is 13.8 Å². The highest BCUT2D eigenvalue weighted by Gasteiger charge is 2.27. The maximum atomic E-state index is 12.4. The van der Waals surface area contributed by atoms with Crippen molar-refractivity contribution in [2.45, 2.75) is 44.2 Å². The molecule has 0 bridgehead atoms. The van der Waals surface area contributed by atoms with E-state index >= 15 is 0 Å². The number of hydrogen-bond donors (Lipinski definition) is 1. The fourth-order valence-electron chi connectivity index (χ4n) is 2.93. The average Bonchev–Trinajstić information content (AvgIpc) is 3.32. The Labute approximate surface area is 137 Å². The normalized spacial score (nSPS) is 14.9. The van der Waals surface area contributed by atoms with Crippen LogP contribution in [0.2, 0.25) is 0 Å². The molecule has 1 aliphatic rings. The van der Waals surface area contributed by atoms with Crippen LogP contribution in [0.4, 0.5) is 0 Å². The molecule has 1 heterocycles. The van der Waals surface area contributed by atoms with E-state index in [9.17, 15) is 8.42 Å². The largest absolute Gasteiger partial charge is 0.497 e. The summed E-state index contributed by atoms with van der Waals surface area (Å²) < 4.78 is 34.8. The van der Waals surface area contributed by atoms with Gasteiger partial charge in [0.1, 0.15) is 5.75 Å². The van der Waals surface area contributed by atoms with Crippen molar-refractivity contribution in [3.63, 3.8) is 0 Å². The molecule has 23 heavy (non-hydrogen) atoms. The number of rotatable bonds is 6. The summed E-state index contributed by atoms with van der Waals surface area (Å²) in [5.41, 5.74) is 3.39. The first-order valence-electron chi connectivity index (χ1n) is 7.73. The lowest BCUT2D eigenvalue weighted by Crippen LogP contribution is -2.23. The summed E-state index contributed by atoms with van der Waals surface area (Å²) in [6, 6.07) is 9.07. The van der Waals surface area contributed by atoms with Gasteiger partial charge in [-0.2, -0.15) is 0 Å². The Balaban J connectivity index is 1.75. The number of nitrogens with zero attached hydrogens (tertiary/aromatic N) is 1. The first-order chi connectivity index (χ1) is 10.9. The second kappa shape index (κ2) is 6.02. The zero-order valence-electron chi connectivity index (χ0n) is 13.7. The molecule has 0 aliphatic heterocycles. The number of ether oxygens (including phenoxy) is 1. The monoisotopic (exact) mass is 334 g/mol. The van der Waals surface area contributed by atoms with E-state index in [0.29, 0.717) is 18.3 Å². The number of sulfonamides is 1. The van der Waals surface area contributed by atoms with Crippen LogP contribution in [0.1, 0.15) is 35.8 Å². The third-order valence-corrected chi connectivity index (χ3v) is 5.74. The van der Waals surface area contributed by atoms with Gasteiger partial charge in [0, 0.05) is 24.0 Å². The molecule has 1 N–H and O–H groups in total. The van der Waals surface area contributed by atoms with Crippen molar-refractivity contribution in [3.8, 4) is 5.75 Å². The van der Waals surface area contributed by atoms with Crippen LogP contribution in [0.5, 0.6) is 5.75 Å². The van der Waals surface area contributed by atoms with Gasteiger partial charge in [-0.1, -0.05) is 0 Å². The molecule has 1 aromatic carbocycles. The smallest absolute Gasteiger partial charge is 0.240 e. The Hall–Kier alpha value is -1.79. The van der Waals surface area contributed by atoms with Gasteiger partial charge in [0.15, 0.2) is 0 Å². The standard InChI is InChI=1S/C17H22N2O3S/c1-12-10-14(13(2)19(12)15-4-5-15)11-18-23(20,21)17-8-6-16(22-3)7-9-17/h6-10,15,18H,4-5,11H2,1-3H3. The minimum Gasteiger partial charge on any atom is -0.497 e. The first-order valence-corrected chi connectivity index (χ1v) is 9.21. The molecular formula is C17H22N2O3S. The molecule has 3 rings (SSSR count). The van der Waals surface area contributed by atoms with Gasteiger partial charge < -0.3 is 9.30 Å². The number of nitrogens with one attached hydrogen (secondary N) is 1. The van der Waals surface area contributed by atoms with Crippen molar-refractivity contribution in [2.24, 2.45) is 0 Å². The fourth-order valence-corrected chi connectivity index (χ4v) is 3.94. The van der Waals surface area contributed by atoms with Gasteiger partial charge in [0.05, 0.1) is 12.0 Å². The van der Waals surface area contributed by atoms with Crippen molar-refractivity contribution in [3.05, 3.63) is 47.3 Å². The Morgan fingerprint density at radius 2 is 1.87 bits per heavy atom. The van der Waals surface area contributed by atoms with Crippen molar-refractivity contribution in [1.82, 2.24) is 9.29 Å². The lowest BCUT2D eigenvalue weighted by molar-refractivity contribution is 0.414. The topological polar surface area (TPSA) is 60.3 Å². The third-order valence-electron chi connectivity index (χ3n) is 4.32. The molecule has 6 heteroatoms. The van der Waals surface area contributed by atoms with Gasteiger partial charge >= 0.3 is 0 Å². The summed E-state index contributed by atoms with van der Waals surface area (Å²) in [5.74, 6) is 0.636. The SMILES string of the molecule is COc1ccc(S(=O)(=O)NCc2cc(C)n(C3CC3)c2C)cc1. The zero-order valence-corrected chi connectivity index (χ0v) is 14.5. The van der Waals surface area contributed by atoms with Crippen molar-refractivity contribution < 1.29 is 13.2 Å². The fraction of sp³-hybridized carbons (Fsp3) is 0.412. The zero-order chi connectivity index (χ0) is 16.6. The molecule has 0 atom stereocenters.